The number of ether oxygens (including phenoxy) is 1. The second kappa shape index (κ2) is 7.27. The number of nitrogens with zero attached hydrogens (tertiary/aromatic N) is 1. The van der Waals surface area contributed by atoms with E-state index in [1.807, 2.05) is 25.7 Å². The highest BCUT2D eigenvalue weighted by atomic mass is 16.5. The van der Waals surface area contributed by atoms with Gasteiger partial charge in [0.25, 0.3) is 6.47 Å². The Hall–Kier alpha value is -1.10. The van der Waals surface area contributed by atoms with E-state index in [4.69, 9.17) is 14.6 Å². The molecule has 2 heterocycles. The fourth-order valence-electron chi connectivity index (χ4n) is 1.70. The van der Waals surface area contributed by atoms with E-state index in [0.717, 1.165) is 18.9 Å². The predicted octanol–water partition coefficient (Wildman–Crippen LogP) is 1.37. The Morgan fingerprint density at radius 1 is 1.29 bits per heavy atom. The second-order valence-electron chi connectivity index (χ2n) is 5.22. The van der Waals surface area contributed by atoms with Gasteiger partial charge < -0.3 is 14.7 Å². The van der Waals surface area contributed by atoms with Crippen molar-refractivity contribution >= 4 is 12.9 Å². The third kappa shape index (κ3) is 6.26. The van der Waals surface area contributed by atoms with Crippen LogP contribution in [0.25, 0.3) is 0 Å². The summed E-state index contributed by atoms with van der Waals surface area (Å²) in [6.45, 7) is 6.85. The highest BCUT2D eigenvalue weighted by Crippen LogP contribution is 2.39. The van der Waals surface area contributed by atoms with Crippen LogP contribution in [0.5, 0.6) is 0 Å². The van der Waals surface area contributed by atoms with Gasteiger partial charge in [-0.1, -0.05) is 0 Å². The van der Waals surface area contributed by atoms with Crippen molar-refractivity contribution in [2.75, 3.05) is 13.7 Å². The summed E-state index contributed by atoms with van der Waals surface area (Å²) >= 11 is 0. The fourth-order valence-corrected chi connectivity index (χ4v) is 1.70. The molecular formula is C12H23NO4. The first-order valence-electron chi connectivity index (χ1n) is 5.72. The number of carbonyl (C=O) groups excluding carboxylic acids is 1. The third-order valence-corrected chi connectivity index (χ3v) is 2.90. The number of fused-ring (bicyclic) bond motifs is 1. The molecule has 3 aliphatic rings. The molecule has 2 bridgehead atoms. The van der Waals surface area contributed by atoms with Crippen molar-refractivity contribution in [1.82, 2.24) is 4.90 Å². The van der Waals surface area contributed by atoms with Crippen LogP contribution in [-0.2, 0) is 14.3 Å². The number of hydrogen-bond acceptors (Lipinski definition) is 3. The highest BCUT2D eigenvalue weighted by Gasteiger charge is 2.41. The van der Waals surface area contributed by atoms with Gasteiger partial charge in [0.05, 0.1) is 5.60 Å². The Morgan fingerprint density at radius 3 is 1.82 bits per heavy atom. The number of carboxylic acid groups (broad SMARTS) is 1. The van der Waals surface area contributed by atoms with Gasteiger partial charge >= 0.3 is 0 Å². The molecule has 0 aromatic rings. The number of hydrogen-bond donors (Lipinski definition) is 1. The normalized spacial score (nSPS) is 24.6. The molecule has 17 heavy (non-hydrogen) atoms. The standard InChI is InChI=1S/C6H9NO.C5H12O.CH2O2/c8-4-7-3-5-1-6(7)2-5;1-5(2,3)6-4;2-1-3/h4-6H,1-3H2;1-4H3;1H,(H,2,3). The summed E-state index contributed by atoms with van der Waals surface area (Å²) in [7, 11) is 1.71. The van der Waals surface area contributed by atoms with Crippen LogP contribution in [0.2, 0.25) is 0 Å². The summed E-state index contributed by atoms with van der Waals surface area (Å²) in [4.78, 5) is 20.5. The Morgan fingerprint density at radius 2 is 1.71 bits per heavy atom. The average molecular weight is 245 g/mol. The summed E-state index contributed by atoms with van der Waals surface area (Å²) in [6, 6.07) is 0.637. The summed E-state index contributed by atoms with van der Waals surface area (Å²) < 4.78 is 4.94. The van der Waals surface area contributed by atoms with Crippen molar-refractivity contribution in [1.29, 1.82) is 0 Å². The zero-order valence-corrected chi connectivity index (χ0v) is 11.0. The lowest BCUT2D eigenvalue weighted by molar-refractivity contribution is -0.123. The van der Waals surface area contributed by atoms with Crippen molar-refractivity contribution in [3.05, 3.63) is 0 Å². The Bertz CT molecular complexity index is 231. The lowest BCUT2D eigenvalue weighted by Crippen LogP contribution is -2.27. The summed E-state index contributed by atoms with van der Waals surface area (Å²) in [5.74, 6) is 0.866. The molecule has 2 saturated heterocycles. The average Bonchev–Trinajstić information content (AvgIpc) is 2.76. The largest absolute Gasteiger partial charge is 0.483 e. The van der Waals surface area contributed by atoms with Crippen molar-refractivity contribution in [2.45, 2.75) is 45.3 Å². The maximum Gasteiger partial charge on any atom is 0.290 e. The van der Waals surface area contributed by atoms with Crippen LogP contribution in [0.15, 0.2) is 0 Å². The molecule has 0 unspecified atom stereocenters. The molecule has 0 radical (unpaired) electrons. The van der Waals surface area contributed by atoms with E-state index in [2.05, 4.69) is 0 Å². The summed E-state index contributed by atoms with van der Waals surface area (Å²) in [6.07, 6.45) is 3.54. The Kier molecular flexibility index (Phi) is 6.80. The smallest absolute Gasteiger partial charge is 0.290 e. The molecule has 2 aliphatic heterocycles. The first-order valence-corrected chi connectivity index (χ1v) is 5.72. The van der Waals surface area contributed by atoms with E-state index >= 15 is 0 Å². The number of methoxy groups -OCH3 is 1. The van der Waals surface area contributed by atoms with Crippen LogP contribution in [0.1, 0.15) is 33.6 Å². The van der Waals surface area contributed by atoms with E-state index < -0.39 is 0 Å². The molecule has 1 aliphatic carbocycles. The van der Waals surface area contributed by atoms with Crippen LogP contribution >= 0.6 is 0 Å². The molecule has 1 amide bonds. The van der Waals surface area contributed by atoms with Crippen LogP contribution in [0.4, 0.5) is 0 Å². The Balaban J connectivity index is 0.000000256. The first-order chi connectivity index (χ1) is 7.87. The van der Waals surface area contributed by atoms with Crippen LogP contribution in [0, 0.1) is 5.92 Å². The number of amides is 1. The molecule has 3 rings (SSSR count). The first kappa shape index (κ1) is 15.9. The zero-order valence-electron chi connectivity index (χ0n) is 11.0. The van der Waals surface area contributed by atoms with Gasteiger partial charge in [-0.25, -0.2) is 0 Å². The fraction of sp³-hybridized carbons (Fsp3) is 0.833. The maximum atomic E-state index is 10.2. The molecule has 0 aromatic carbocycles. The molecule has 5 heteroatoms. The van der Waals surface area contributed by atoms with Crippen molar-refractivity contribution < 1.29 is 19.4 Å². The lowest BCUT2D eigenvalue weighted by Gasteiger charge is -2.22. The minimum atomic E-state index is -0.250. The van der Waals surface area contributed by atoms with Gasteiger partial charge in [-0.2, -0.15) is 0 Å². The van der Waals surface area contributed by atoms with Gasteiger partial charge in [-0.3, -0.25) is 9.59 Å². The van der Waals surface area contributed by atoms with E-state index in [1.165, 1.54) is 12.8 Å². The van der Waals surface area contributed by atoms with Gasteiger partial charge in [0, 0.05) is 19.7 Å². The van der Waals surface area contributed by atoms with E-state index in [9.17, 15) is 4.79 Å². The minimum absolute atomic E-state index is 0.0417. The van der Waals surface area contributed by atoms with Crippen LogP contribution in [-0.4, -0.2) is 48.2 Å². The van der Waals surface area contributed by atoms with Crippen molar-refractivity contribution in [3.63, 3.8) is 0 Å². The van der Waals surface area contributed by atoms with Crippen LogP contribution in [0.3, 0.4) is 0 Å². The van der Waals surface area contributed by atoms with Gasteiger partial charge in [0.2, 0.25) is 6.41 Å². The second-order valence-corrected chi connectivity index (χ2v) is 5.22. The zero-order chi connectivity index (χ0) is 13.5. The number of rotatable bonds is 1. The predicted molar refractivity (Wildman–Crippen MR) is 64.7 cm³/mol. The van der Waals surface area contributed by atoms with Crippen molar-refractivity contribution in [2.24, 2.45) is 5.92 Å². The summed E-state index contributed by atoms with van der Waals surface area (Å²) in [5, 5.41) is 6.89. The molecule has 0 atom stereocenters. The van der Waals surface area contributed by atoms with Gasteiger partial charge in [-0.05, 0) is 39.5 Å². The van der Waals surface area contributed by atoms with E-state index in [1.54, 1.807) is 7.11 Å². The topological polar surface area (TPSA) is 66.8 Å². The highest BCUT2D eigenvalue weighted by molar-refractivity contribution is 5.49. The van der Waals surface area contributed by atoms with Gasteiger partial charge in [-0.15, -0.1) is 0 Å². The molecule has 0 aromatic heterocycles. The quantitative estimate of drug-likeness (QED) is 0.708. The SMILES string of the molecule is COC(C)(C)C.O=CN1CC2CC1C2.O=CO. The molecule has 5 nitrogen and oxygen atoms in total. The molecular weight excluding hydrogens is 222 g/mol. The molecule has 0 spiro atoms. The van der Waals surface area contributed by atoms with Gasteiger partial charge in [0.1, 0.15) is 0 Å². The molecule has 1 N–H and O–H groups in total. The minimum Gasteiger partial charge on any atom is -0.483 e. The molecule has 100 valence electrons. The molecule has 3 fully saturated rings. The van der Waals surface area contributed by atoms with E-state index in [0.29, 0.717) is 6.04 Å². The maximum absolute atomic E-state index is 10.2. The van der Waals surface area contributed by atoms with Crippen molar-refractivity contribution in [3.8, 4) is 0 Å². The third-order valence-electron chi connectivity index (χ3n) is 2.90. The summed E-state index contributed by atoms with van der Waals surface area (Å²) in [5.41, 5.74) is 0.0417. The van der Waals surface area contributed by atoms with E-state index in [-0.39, 0.29) is 12.1 Å². The number of carbonyl (C=O) groups is 2. The van der Waals surface area contributed by atoms with Gasteiger partial charge in [0.15, 0.2) is 0 Å². The lowest BCUT2D eigenvalue weighted by atomic mass is 9.86. The van der Waals surface area contributed by atoms with Crippen LogP contribution < -0.4 is 0 Å². The monoisotopic (exact) mass is 245 g/mol. The molecule has 1 saturated carbocycles. The Labute approximate surface area is 103 Å².